The third-order valence-electron chi connectivity index (χ3n) is 4.73. The first-order valence-electron chi connectivity index (χ1n) is 9.46. The number of anilines is 1. The van der Waals surface area contributed by atoms with Crippen LogP contribution >= 0.6 is 0 Å². The number of nitrogens with zero attached hydrogens (tertiary/aromatic N) is 4. The smallest absolute Gasteiger partial charge is 0.209 e. The van der Waals surface area contributed by atoms with Gasteiger partial charge >= 0.3 is 0 Å². The summed E-state index contributed by atoms with van der Waals surface area (Å²) in [7, 11) is 0. The highest BCUT2D eigenvalue weighted by Crippen LogP contribution is 2.27. The summed E-state index contributed by atoms with van der Waals surface area (Å²) in [5, 5.41) is 10.4. The van der Waals surface area contributed by atoms with Crippen molar-refractivity contribution < 1.29 is 9.50 Å². The minimum atomic E-state index is -1.08. The molecule has 3 rings (SSSR count). The van der Waals surface area contributed by atoms with Crippen LogP contribution in [-0.2, 0) is 6.54 Å². The number of aromatic nitrogens is 4. The van der Waals surface area contributed by atoms with Crippen LogP contribution in [0, 0.1) is 17.7 Å². The number of imidazole rings is 1. The van der Waals surface area contributed by atoms with Crippen LogP contribution < -0.4 is 5.73 Å². The van der Waals surface area contributed by atoms with E-state index in [2.05, 4.69) is 26.8 Å². The molecule has 146 valence electrons. The second-order valence-corrected chi connectivity index (χ2v) is 6.69. The Morgan fingerprint density at radius 1 is 1.18 bits per heavy atom. The molecule has 0 aliphatic carbocycles. The van der Waals surface area contributed by atoms with Crippen molar-refractivity contribution in [2.24, 2.45) is 0 Å². The number of benzene rings is 1. The molecular formula is C21H24FN5O. The SMILES string of the molecule is CCCn1c(-c2cccc(F)c2)nc2c(N)nc(C#CC(O)(CC)CC)nc21. The monoisotopic (exact) mass is 381 g/mol. The van der Waals surface area contributed by atoms with Gasteiger partial charge in [0.25, 0.3) is 0 Å². The number of nitrogen functional groups attached to an aromatic ring is 1. The number of hydrogen-bond acceptors (Lipinski definition) is 5. The lowest BCUT2D eigenvalue weighted by molar-refractivity contribution is 0.0931. The van der Waals surface area contributed by atoms with Crippen LogP contribution in [0.4, 0.5) is 10.2 Å². The molecule has 0 aliphatic rings. The fourth-order valence-electron chi connectivity index (χ4n) is 2.96. The Balaban J connectivity index is 2.18. The van der Waals surface area contributed by atoms with Crippen LogP contribution in [0.15, 0.2) is 24.3 Å². The van der Waals surface area contributed by atoms with Crippen LogP contribution in [0.5, 0.6) is 0 Å². The van der Waals surface area contributed by atoms with E-state index < -0.39 is 5.60 Å². The van der Waals surface area contributed by atoms with Gasteiger partial charge in [-0.2, -0.15) is 0 Å². The summed E-state index contributed by atoms with van der Waals surface area (Å²) in [5.41, 5.74) is 6.69. The summed E-state index contributed by atoms with van der Waals surface area (Å²) >= 11 is 0. The highest BCUT2D eigenvalue weighted by Gasteiger charge is 2.20. The average molecular weight is 381 g/mol. The Morgan fingerprint density at radius 2 is 1.93 bits per heavy atom. The number of fused-ring (bicyclic) bond motifs is 1. The Morgan fingerprint density at radius 3 is 2.57 bits per heavy atom. The fourth-order valence-corrected chi connectivity index (χ4v) is 2.96. The van der Waals surface area contributed by atoms with Crippen molar-refractivity contribution in [2.45, 2.75) is 52.2 Å². The molecule has 0 aliphatic heterocycles. The molecule has 0 saturated heterocycles. The van der Waals surface area contributed by atoms with Crippen LogP contribution in [0.3, 0.4) is 0 Å². The van der Waals surface area contributed by atoms with Gasteiger partial charge in [-0.3, -0.25) is 0 Å². The van der Waals surface area contributed by atoms with E-state index in [4.69, 9.17) is 5.73 Å². The van der Waals surface area contributed by atoms with Crippen LogP contribution in [0.2, 0.25) is 0 Å². The van der Waals surface area contributed by atoms with E-state index in [9.17, 15) is 9.50 Å². The van der Waals surface area contributed by atoms with E-state index in [1.165, 1.54) is 12.1 Å². The van der Waals surface area contributed by atoms with Crippen LogP contribution in [0.1, 0.15) is 45.9 Å². The van der Waals surface area contributed by atoms with Crippen molar-refractivity contribution in [3.8, 4) is 23.2 Å². The van der Waals surface area contributed by atoms with Gasteiger partial charge in [-0.15, -0.1) is 0 Å². The largest absolute Gasteiger partial charge is 0.382 e. The topological polar surface area (TPSA) is 89.9 Å². The minimum absolute atomic E-state index is 0.207. The number of hydrogen-bond donors (Lipinski definition) is 2. The van der Waals surface area contributed by atoms with E-state index in [0.717, 1.165) is 6.42 Å². The van der Waals surface area contributed by atoms with Gasteiger partial charge in [0, 0.05) is 12.1 Å². The second kappa shape index (κ2) is 7.95. The number of halogens is 1. The Kier molecular flexibility index (Phi) is 5.61. The summed E-state index contributed by atoms with van der Waals surface area (Å²) in [4.78, 5) is 13.3. The maximum absolute atomic E-state index is 13.7. The molecule has 1 aromatic carbocycles. The van der Waals surface area contributed by atoms with E-state index in [1.807, 2.05) is 25.3 Å². The first kappa shape index (κ1) is 19.8. The van der Waals surface area contributed by atoms with Gasteiger partial charge in [0.15, 0.2) is 17.0 Å². The quantitative estimate of drug-likeness (QED) is 0.660. The van der Waals surface area contributed by atoms with Crippen molar-refractivity contribution in [2.75, 3.05) is 5.73 Å². The number of nitrogens with two attached hydrogens (primary N) is 1. The number of aryl methyl sites for hydroxylation is 1. The molecule has 28 heavy (non-hydrogen) atoms. The van der Waals surface area contributed by atoms with Crippen molar-refractivity contribution in [1.82, 2.24) is 19.5 Å². The molecule has 2 aromatic heterocycles. The lowest BCUT2D eigenvalue weighted by Gasteiger charge is -2.16. The molecule has 2 heterocycles. The molecule has 0 saturated carbocycles. The molecule has 0 radical (unpaired) electrons. The third-order valence-corrected chi connectivity index (χ3v) is 4.73. The summed E-state index contributed by atoms with van der Waals surface area (Å²) < 4.78 is 15.6. The van der Waals surface area contributed by atoms with Gasteiger partial charge in [-0.05, 0) is 37.3 Å². The fraction of sp³-hybridized carbons (Fsp3) is 0.381. The lowest BCUT2D eigenvalue weighted by atomic mass is 9.98. The first-order chi connectivity index (χ1) is 13.4. The molecular weight excluding hydrogens is 357 g/mol. The molecule has 0 atom stereocenters. The summed E-state index contributed by atoms with van der Waals surface area (Å²) in [6.45, 7) is 6.42. The van der Waals surface area contributed by atoms with E-state index in [0.29, 0.717) is 41.9 Å². The maximum Gasteiger partial charge on any atom is 0.209 e. The number of aliphatic hydroxyl groups is 1. The molecule has 0 fully saturated rings. The minimum Gasteiger partial charge on any atom is -0.382 e. The zero-order chi connectivity index (χ0) is 20.3. The Bertz CT molecular complexity index is 1060. The van der Waals surface area contributed by atoms with Crippen molar-refractivity contribution in [1.29, 1.82) is 0 Å². The molecule has 3 N–H and O–H groups in total. The third kappa shape index (κ3) is 3.82. The summed E-state index contributed by atoms with van der Waals surface area (Å²) in [5.74, 6) is 6.38. The van der Waals surface area contributed by atoms with Gasteiger partial charge in [-0.25, -0.2) is 19.3 Å². The molecule has 6 nitrogen and oxygen atoms in total. The van der Waals surface area contributed by atoms with Crippen LogP contribution in [-0.4, -0.2) is 30.2 Å². The standard InChI is InChI=1S/C21H24FN5O/c1-4-12-27-19(14-8-7-9-15(22)13-14)26-17-18(23)24-16(25-20(17)27)10-11-21(28,5-2)6-3/h7-9,13,28H,4-6,12H2,1-3H3,(H2,23,24,25). The summed E-state index contributed by atoms with van der Waals surface area (Å²) in [6, 6.07) is 6.26. The molecule has 0 unspecified atom stereocenters. The highest BCUT2D eigenvalue weighted by molar-refractivity contribution is 5.85. The van der Waals surface area contributed by atoms with Crippen molar-refractivity contribution in [3.63, 3.8) is 0 Å². The zero-order valence-corrected chi connectivity index (χ0v) is 16.3. The maximum atomic E-state index is 13.7. The molecule has 3 aromatic rings. The van der Waals surface area contributed by atoms with Crippen molar-refractivity contribution in [3.05, 3.63) is 35.9 Å². The first-order valence-corrected chi connectivity index (χ1v) is 9.46. The predicted octanol–water partition coefficient (Wildman–Crippen LogP) is 3.53. The normalized spacial score (nSPS) is 11.5. The molecule has 7 heteroatoms. The average Bonchev–Trinajstić information content (AvgIpc) is 3.06. The van der Waals surface area contributed by atoms with Gasteiger partial charge in [-0.1, -0.05) is 38.8 Å². The van der Waals surface area contributed by atoms with E-state index in [-0.39, 0.29) is 17.5 Å². The zero-order valence-electron chi connectivity index (χ0n) is 16.3. The molecule has 0 amide bonds. The van der Waals surface area contributed by atoms with E-state index in [1.54, 1.807) is 12.1 Å². The van der Waals surface area contributed by atoms with Crippen LogP contribution in [0.25, 0.3) is 22.6 Å². The van der Waals surface area contributed by atoms with E-state index >= 15 is 0 Å². The Labute approximate surface area is 163 Å². The Hall–Kier alpha value is -2.98. The number of rotatable bonds is 5. The molecule has 0 spiro atoms. The van der Waals surface area contributed by atoms with Gasteiger partial charge in [0.05, 0.1) is 0 Å². The molecule has 0 bridgehead atoms. The van der Waals surface area contributed by atoms with Crippen molar-refractivity contribution >= 4 is 17.0 Å². The highest BCUT2D eigenvalue weighted by atomic mass is 19.1. The van der Waals surface area contributed by atoms with Gasteiger partial charge in [0.2, 0.25) is 5.82 Å². The second-order valence-electron chi connectivity index (χ2n) is 6.69. The van der Waals surface area contributed by atoms with Gasteiger partial charge in [0.1, 0.15) is 17.2 Å². The summed E-state index contributed by atoms with van der Waals surface area (Å²) in [6.07, 6.45) is 1.85. The lowest BCUT2D eigenvalue weighted by Crippen LogP contribution is -2.23. The van der Waals surface area contributed by atoms with Gasteiger partial charge < -0.3 is 15.4 Å². The predicted molar refractivity (Wildman–Crippen MR) is 108 cm³/mol.